The van der Waals surface area contributed by atoms with Crippen LogP contribution in [-0.4, -0.2) is 23.0 Å². The van der Waals surface area contributed by atoms with Gasteiger partial charge >= 0.3 is 6.09 Å². The molecule has 4 nitrogen and oxygen atoms in total. The highest BCUT2D eigenvalue weighted by molar-refractivity contribution is 5.81. The third-order valence-electron chi connectivity index (χ3n) is 3.33. The van der Waals surface area contributed by atoms with Crippen LogP contribution in [0, 0.1) is 11.6 Å². The van der Waals surface area contributed by atoms with Gasteiger partial charge in [-0.05, 0) is 30.2 Å². The number of carboxylic acid groups (broad SMARTS) is 1. The summed E-state index contributed by atoms with van der Waals surface area (Å²) in [6.45, 7) is 0. The molecular formula is C13H13F2NO3. The predicted octanol–water partition coefficient (Wildman–Crippen LogP) is 2.44. The van der Waals surface area contributed by atoms with Gasteiger partial charge in [0.05, 0.1) is 0 Å². The first-order chi connectivity index (χ1) is 8.97. The van der Waals surface area contributed by atoms with Crippen LogP contribution >= 0.6 is 0 Å². The molecule has 0 saturated heterocycles. The summed E-state index contributed by atoms with van der Waals surface area (Å²) < 4.78 is 26.9. The summed E-state index contributed by atoms with van der Waals surface area (Å²) in [5, 5.41) is 11.0. The van der Waals surface area contributed by atoms with Crippen molar-refractivity contribution in [2.75, 3.05) is 0 Å². The first kappa shape index (κ1) is 13.5. The minimum absolute atomic E-state index is 0.00687. The van der Waals surface area contributed by atoms with E-state index in [4.69, 9.17) is 5.11 Å². The summed E-state index contributed by atoms with van der Waals surface area (Å²) in [5.41, 5.74) is 0.117. The number of hydrogen-bond donors (Lipinski definition) is 2. The third-order valence-corrected chi connectivity index (χ3v) is 3.33. The number of nitrogens with one attached hydrogen (secondary N) is 1. The lowest BCUT2D eigenvalue weighted by Gasteiger charge is -2.31. The smallest absolute Gasteiger partial charge is 0.404 e. The van der Waals surface area contributed by atoms with E-state index in [1.165, 1.54) is 0 Å². The number of amides is 1. The van der Waals surface area contributed by atoms with Gasteiger partial charge in [-0.1, -0.05) is 0 Å². The summed E-state index contributed by atoms with van der Waals surface area (Å²) >= 11 is 0. The summed E-state index contributed by atoms with van der Waals surface area (Å²) in [6, 6.07) is 2.37. The molecule has 0 heterocycles. The van der Waals surface area contributed by atoms with E-state index >= 15 is 0 Å². The van der Waals surface area contributed by atoms with E-state index in [0.717, 1.165) is 18.2 Å². The van der Waals surface area contributed by atoms with E-state index in [9.17, 15) is 18.4 Å². The maximum Gasteiger partial charge on any atom is 0.404 e. The molecule has 102 valence electrons. The van der Waals surface area contributed by atoms with Crippen molar-refractivity contribution in [3.8, 4) is 0 Å². The number of ketones is 1. The number of carbonyl (C=O) groups is 2. The van der Waals surface area contributed by atoms with Gasteiger partial charge in [-0.3, -0.25) is 4.79 Å². The van der Waals surface area contributed by atoms with Gasteiger partial charge in [0.2, 0.25) is 0 Å². The molecule has 2 atom stereocenters. The zero-order valence-corrected chi connectivity index (χ0v) is 10.0. The Labute approximate surface area is 108 Å². The van der Waals surface area contributed by atoms with Gasteiger partial charge in [-0.25, -0.2) is 13.6 Å². The van der Waals surface area contributed by atoms with Crippen molar-refractivity contribution in [1.82, 2.24) is 5.32 Å². The van der Waals surface area contributed by atoms with Crippen molar-refractivity contribution in [3.63, 3.8) is 0 Å². The number of hydrogen-bond acceptors (Lipinski definition) is 2. The molecule has 1 aromatic rings. The van der Waals surface area contributed by atoms with Gasteiger partial charge in [-0.15, -0.1) is 0 Å². The quantitative estimate of drug-likeness (QED) is 0.866. The van der Waals surface area contributed by atoms with E-state index in [1.807, 2.05) is 0 Å². The molecule has 0 spiro atoms. The normalized spacial score (nSPS) is 23.2. The highest BCUT2D eigenvalue weighted by Gasteiger charge is 2.33. The molecule has 0 bridgehead atoms. The molecule has 0 aliphatic heterocycles. The van der Waals surface area contributed by atoms with Crippen molar-refractivity contribution in [2.45, 2.75) is 31.2 Å². The van der Waals surface area contributed by atoms with Gasteiger partial charge in [0.1, 0.15) is 17.4 Å². The molecule has 1 amide bonds. The average molecular weight is 269 g/mol. The maximum absolute atomic E-state index is 13.7. The Balaban J connectivity index is 2.31. The van der Waals surface area contributed by atoms with Crippen LogP contribution in [0.2, 0.25) is 0 Å². The molecule has 1 aliphatic rings. The Morgan fingerprint density at radius 1 is 1.37 bits per heavy atom. The van der Waals surface area contributed by atoms with E-state index in [2.05, 4.69) is 5.32 Å². The van der Waals surface area contributed by atoms with Gasteiger partial charge in [0, 0.05) is 24.8 Å². The van der Waals surface area contributed by atoms with Gasteiger partial charge in [0.15, 0.2) is 0 Å². The van der Waals surface area contributed by atoms with Crippen LogP contribution in [-0.2, 0) is 4.79 Å². The molecule has 6 heteroatoms. The molecule has 0 unspecified atom stereocenters. The Morgan fingerprint density at radius 2 is 2.11 bits per heavy atom. The van der Waals surface area contributed by atoms with Crippen LogP contribution in [0.1, 0.15) is 30.7 Å². The molecule has 1 aromatic carbocycles. The van der Waals surface area contributed by atoms with Crippen LogP contribution in [0.4, 0.5) is 13.6 Å². The predicted molar refractivity (Wildman–Crippen MR) is 62.9 cm³/mol. The first-order valence-electron chi connectivity index (χ1n) is 5.93. The van der Waals surface area contributed by atoms with Crippen LogP contribution in [0.5, 0.6) is 0 Å². The number of Topliss-reactive ketones (excluding diaryl/α,β-unsaturated/α-hetero) is 1. The largest absolute Gasteiger partial charge is 0.465 e. The van der Waals surface area contributed by atoms with Crippen LogP contribution < -0.4 is 5.32 Å². The van der Waals surface area contributed by atoms with Crippen molar-refractivity contribution < 1.29 is 23.5 Å². The second kappa shape index (κ2) is 5.34. The van der Waals surface area contributed by atoms with E-state index in [0.29, 0.717) is 6.42 Å². The zero-order chi connectivity index (χ0) is 14.0. The summed E-state index contributed by atoms with van der Waals surface area (Å²) in [4.78, 5) is 22.1. The molecule has 1 saturated carbocycles. The molecule has 19 heavy (non-hydrogen) atoms. The maximum atomic E-state index is 13.7. The average Bonchev–Trinajstić information content (AvgIpc) is 2.32. The van der Waals surface area contributed by atoms with Gasteiger partial charge < -0.3 is 10.4 Å². The van der Waals surface area contributed by atoms with Crippen LogP contribution in [0.25, 0.3) is 0 Å². The zero-order valence-electron chi connectivity index (χ0n) is 10.0. The molecule has 0 aromatic heterocycles. The fourth-order valence-electron chi connectivity index (χ4n) is 2.49. The number of carbonyl (C=O) groups excluding carboxylic acids is 1. The SMILES string of the molecule is O=C1CC[C@H](c2cc(F)ccc2F)[C@@H](NC(=O)O)C1. The highest BCUT2D eigenvalue weighted by atomic mass is 19.1. The van der Waals surface area contributed by atoms with E-state index in [1.54, 1.807) is 0 Å². The molecular weight excluding hydrogens is 256 g/mol. The summed E-state index contributed by atoms with van der Waals surface area (Å²) in [7, 11) is 0. The van der Waals surface area contributed by atoms with Gasteiger partial charge in [-0.2, -0.15) is 0 Å². The van der Waals surface area contributed by atoms with Crippen molar-refractivity contribution >= 4 is 11.9 Å². The molecule has 1 fully saturated rings. The van der Waals surface area contributed by atoms with Crippen LogP contribution in [0.3, 0.4) is 0 Å². The standard InChI is InChI=1S/C13H13F2NO3/c14-7-1-4-11(15)10(5-7)9-3-2-8(17)6-12(9)16-13(18)19/h1,4-5,9,12,16H,2-3,6H2,(H,18,19)/t9-,12+/m1/s1. The number of benzene rings is 1. The fourth-order valence-corrected chi connectivity index (χ4v) is 2.49. The lowest BCUT2D eigenvalue weighted by atomic mass is 9.79. The molecule has 1 aliphatic carbocycles. The van der Waals surface area contributed by atoms with Crippen molar-refractivity contribution in [3.05, 3.63) is 35.4 Å². The minimum Gasteiger partial charge on any atom is -0.465 e. The highest BCUT2D eigenvalue weighted by Crippen LogP contribution is 2.33. The Hall–Kier alpha value is -1.98. The molecule has 2 rings (SSSR count). The minimum atomic E-state index is -1.28. The molecule has 2 N–H and O–H groups in total. The van der Waals surface area contributed by atoms with E-state index < -0.39 is 29.7 Å². The second-order valence-corrected chi connectivity index (χ2v) is 4.61. The third kappa shape index (κ3) is 3.07. The number of rotatable bonds is 2. The van der Waals surface area contributed by atoms with Crippen molar-refractivity contribution in [1.29, 1.82) is 0 Å². The Morgan fingerprint density at radius 3 is 2.79 bits per heavy atom. The lowest BCUT2D eigenvalue weighted by Crippen LogP contribution is -2.43. The first-order valence-corrected chi connectivity index (χ1v) is 5.93. The Bertz CT molecular complexity index is 517. The Kier molecular flexibility index (Phi) is 3.78. The molecule has 0 radical (unpaired) electrons. The van der Waals surface area contributed by atoms with E-state index in [-0.39, 0.29) is 24.2 Å². The van der Waals surface area contributed by atoms with Crippen LogP contribution in [0.15, 0.2) is 18.2 Å². The summed E-state index contributed by atoms with van der Waals surface area (Å²) in [6.07, 6.45) is -0.711. The van der Waals surface area contributed by atoms with Gasteiger partial charge in [0.25, 0.3) is 0 Å². The topological polar surface area (TPSA) is 66.4 Å². The lowest BCUT2D eigenvalue weighted by molar-refractivity contribution is -0.121. The van der Waals surface area contributed by atoms with Crippen molar-refractivity contribution in [2.24, 2.45) is 0 Å². The monoisotopic (exact) mass is 269 g/mol. The fraction of sp³-hybridized carbons (Fsp3) is 0.385. The summed E-state index contributed by atoms with van der Waals surface area (Å²) in [5.74, 6) is -1.77. The second-order valence-electron chi connectivity index (χ2n) is 4.61. The number of halogens is 2.